The van der Waals surface area contributed by atoms with Crippen LogP contribution in [0.3, 0.4) is 0 Å². The largest absolute Gasteiger partial charge is 0.369 e. The van der Waals surface area contributed by atoms with Gasteiger partial charge in [-0.15, -0.1) is 0 Å². The number of fused-ring (bicyclic) bond motifs is 1. The molecule has 0 saturated heterocycles. The summed E-state index contributed by atoms with van der Waals surface area (Å²) in [5.74, 6) is 0.570. The van der Waals surface area contributed by atoms with Crippen LogP contribution < -0.4 is 10.6 Å². The molecule has 3 rings (SSSR count). The lowest BCUT2D eigenvalue weighted by Crippen LogP contribution is -2.27. The first-order chi connectivity index (χ1) is 13.9. The fourth-order valence-corrected chi connectivity index (χ4v) is 4.00. The summed E-state index contributed by atoms with van der Waals surface area (Å²) in [4.78, 5) is 9.08. The molecule has 0 fully saturated rings. The Morgan fingerprint density at radius 1 is 1.03 bits per heavy atom. The maximum Gasteiger partial charge on any atom is 0.243 e. The van der Waals surface area contributed by atoms with Gasteiger partial charge in [0.2, 0.25) is 10.0 Å². The molecule has 1 heterocycles. The number of hydrogen-bond acceptors (Lipinski definition) is 6. The number of nitrogens with zero attached hydrogens (tertiary/aromatic N) is 3. The molecule has 1 aromatic heterocycles. The SMILES string of the molecule is CNCCCNc1nc(CN(C)S(=O)(=O)c2ccc(F)cc2)nc2ccccc12. The summed E-state index contributed by atoms with van der Waals surface area (Å²) in [6.07, 6.45) is 0.920. The van der Waals surface area contributed by atoms with Crippen molar-refractivity contribution in [3.05, 3.63) is 60.2 Å². The van der Waals surface area contributed by atoms with Gasteiger partial charge in [0.25, 0.3) is 0 Å². The van der Waals surface area contributed by atoms with Gasteiger partial charge in [-0.25, -0.2) is 22.8 Å². The van der Waals surface area contributed by atoms with Crippen LogP contribution in [0.15, 0.2) is 53.4 Å². The van der Waals surface area contributed by atoms with Crippen molar-refractivity contribution in [3.63, 3.8) is 0 Å². The summed E-state index contributed by atoms with van der Waals surface area (Å²) >= 11 is 0. The molecular weight excluding hydrogens is 393 g/mol. The second-order valence-corrected chi connectivity index (χ2v) is 8.65. The molecule has 7 nitrogen and oxygen atoms in total. The number of para-hydroxylation sites is 1. The van der Waals surface area contributed by atoms with Crippen LogP contribution in [0.25, 0.3) is 10.9 Å². The van der Waals surface area contributed by atoms with Crippen LogP contribution in [-0.4, -0.2) is 49.9 Å². The molecule has 9 heteroatoms. The summed E-state index contributed by atoms with van der Waals surface area (Å²) in [6.45, 7) is 1.60. The van der Waals surface area contributed by atoms with E-state index in [1.807, 2.05) is 31.3 Å². The van der Waals surface area contributed by atoms with Gasteiger partial charge < -0.3 is 10.6 Å². The van der Waals surface area contributed by atoms with Crippen molar-refractivity contribution in [2.45, 2.75) is 17.9 Å². The molecule has 0 atom stereocenters. The summed E-state index contributed by atoms with van der Waals surface area (Å²) in [6, 6.07) is 12.3. The molecule has 0 saturated carbocycles. The first-order valence-electron chi connectivity index (χ1n) is 9.28. The van der Waals surface area contributed by atoms with E-state index in [1.54, 1.807) is 0 Å². The van der Waals surface area contributed by atoms with E-state index >= 15 is 0 Å². The lowest BCUT2D eigenvalue weighted by atomic mass is 10.2. The molecule has 0 radical (unpaired) electrons. The Morgan fingerprint density at radius 3 is 2.48 bits per heavy atom. The summed E-state index contributed by atoms with van der Waals surface area (Å²) in [5.41, 5.74) is 0.737. The molecule has 3 aromatic rings. The zero-order chi connectivity index (χ0) is 20.9. The smallest absolute Gasteiger partial charge is 0.243 e. The van der Waals surface area contributed by atoms with Gasteiger partial charge >= 0.3 is 0 Å². The lowest BCUT2D eigenvalue weighted by Gasteiger charge is -2.17. The zero-order valence-corrected chi connectivity index (χ0v) is 17.2. The third-order valence-electron chi connectivity index (χ3n) is 4.43. The first-order valence-corrected chi connectivity index (χ1v) is 10.7. The predicted octanol–water partition coefficient (Wildman–Crippen LogP) is 2.61. The van der Waals surface area contributed by atoms with Crippen LogP contribution in [0.5, 0.6) is 0 Å². The molecule has 2 aromatic carbocycles. The van der Waals surface area contributed by atoms with Crippen molar-refractivity contribution in [1.29, 1.82) is 0 Å². The van der Waals surface area contributed by atoms with E-state index in [2.05, 4.69) is 20.6 Å². The highest BCUT2D eigenvalue weighted by molar-refractivity contribution is 7.89. The van der Waals surface area contributed by atoms with Gasteiger partial charge in [-0.05, 0) is 56.4 Å². The Bertz CT molecular complexity index is 1070. The van der Waals surface area contributed by atoms with E-state index in [9.17, 15) is 12.8 Å². The molecule has 0 spiro atoms. The maximum absolute atomic E-state index is 13.1. The highest BCUT2D eigenvalue weighted by Gasteiger charge is 2.22. The average Bonchev–Trinajstić information content (AvgIpc) is 2.71. The average molecular weight is 418 g/mol. The van der Waals surface area contributed by atoms with E-state index in [4.69, 9.17) is 0 Å². The van der Waals surface area contributed by atoms with E-state index in [1.165, 1.54) is 19.2 Å². The van der Waals surface area contributed by atoms with E-state index in [-0.39, 0.29) is 11.4 Å². The molecular formula is C20H24FN5O2S. The number of nitrogens with one attached hydrogen (secondary N) is 2. The number of halogens is 1. The fourth-order valence-electron chi connectivity index (χ4n) is 2.87. The minimum Gasteiger partial charge on any atom is -0.369 e. The van der Waals surface area contributed by atoms with Crippen LogP contribution in [0.2, 0.25) is 0 Å². The molecule has 0 aliphatic rings. The number of hydrogen-bond donors (Lipinski definition) is 2. The van der Waals surface area contributed by atoms with E-state index in [0.29, 0.717) is 11.6 Å². The van der Waals surface area contributed by atoms with Crippen molar-refractivity contribution in [2.75, 3.05) is 32.5 Å². The van der Waals surface area contributed by atoms with Crippen LogP contribution in [0.4, 0.5) is 10.2 Å². The standard InChI is InChI=1S/C20H24FN5O2S/c1-22-12-5-13-23-20-17-6-3-4-7-18(17)24-19(25-20)14-26(2)29(27,28)16-10-8-15(21)9-11-16/h3-4,6-11,22H,5,12-14H2,1-2H3,(H,23,24,25). The van der Waals surface area contributed by atoms with Crippen molar-refractivity contribution >= 4 is 26.7 Å². The third kappa shape index (κ3) is 5.06. The number of aromatic nitrogens is 2. The summed E-state index contributed by atoms with van der Waals surface area (Å²) < 4.78 is 39.8. The molecule has 2 N–H and O–H groups in total. The van der Waals surface area contributed by atoms with Crippen molar-refractivity contribution in [2.24, 2.45) is 0 Å². The molecule has 154 valence electrons. The molecule has 0 unspecified atom stereocenters. The second-order valence-electron chi connectivity index (χ2n) is 6.60. The van der Waals surface area contributed by atoms with Gasteiger partial charge in [-0.1, -0.05) is 12.1 Å². The normalized spacial score (nSPS) is 11.9. The van der Waals surface area contributed by atoms with Crippen LogP contribution in [0.1, 0.15) is 12.2 Å². The van der Waals surface area contributed by atoms with Crippen LogP contribution in [-0.2, 0) is 16.6 Å². The zero-order valence-electron chi connectivity index (χ0n) is 16.4. The minimum absolute atomic E-state index is 0.00423. The van der Waals surface area contributed by atoms with Crippen molar-refractivity contribution in [3.8, 4) is 0 Å². The number of anilines is 1. The Morgan fingerprint density at radius 2 is 1.76 bits per heavy atom. The molecule has 0 aliphatic heterocycles. The number of rotatable bonds is 9. The van der Waals surface area contributed by atoms with Gasteiger partial charge in [0, 0.05) is 19.0 Å². The van der Waals surface area contributed by atoms with Crippen molar-refractivity contribution < 1.29 is 12.8 Å². The van der Waals surface area contributed by atoms with Gasteiger partial charge in [0.1, 0.15) is 17.5 Å². The number of benzene rings is 2. The Kier molecular flexibility index (Phi) is 6.73. The quantitative estimate of drug-likeness (QED) is 0.521. The van der Waals surface area contributed by atoms with Crippen LogP contribution >= 0.6 is 0 Å². The topological polar surface area (TPSA) is 87.2 Å². The van der Waals surface area contributed by atoms with Gasteiger partial charge in [-0.2, -0.15) is 4.31 Å². The van der Waals surface area contributed by atoms with E-state index < -0.39 is 15.8 Å². The molecule has 0 bridgehead atoms. The highest BCUT2D eigenvalue weighted by atomic mass is 32.2. The van der Waals surface area contributed by atoms with Gasteiger partial charge in [0.05, 0.1) is 17.0 Å². The summed E-state index contributed by atoms with van der Waals surface area (Å²) in [7, 11) is -0.432. The Hall–Kier alpha value is -2.62. The van der Waals surface area contributed by atoms with E-state index in [0.717, 1.165) is 46.9 Å². The second kappa shape index (κ2) is 9.25. The van der Waals surface area contributed by atoms with Crippen LogP contribution in [0, 0.1) is 5.82 Å². The third-order valence-corrected chi connectivity index (χ3v) is 6.25. The highest BCUT2D eigenvalue weighted by Crippen LogP contribution is 2.22. The first kappa shape index (κ1) is 21.1. The minimum atomic E-state index is -3.79. The Labute approximate surface area is 170 Å². The molecule has 0 aliphatic carbocycles. The number of sulfonamides is 1. The maximum atomic E-state index is 13.1. The summed E-state index contributed by atoms with van der Waals surface area (Å²) in [5, 5.41) is 7.29. The Balaban J connectivity index is 1.86. The predicted molar refractivity (Wildman–Crippen MR) is 112 cm³/mol. The molecule has 29 heavy (non-hydrogen) atoms. The van der Waals surface area contributed by atoms with Gasteiger partial charge in [0.15, 0.2) is 0 Å². The van der Waals surface area contributed by atoms with Gasteiger partial charge in [-0.3, -0.25) is 0 Å². The monoisotopic (exact) mass is 417 g/mol. The molecule has 0 amide bonds. The fraction of sp³-hybridized carbons (Fsp3) is 0.300. The van der Waals surface area contributed by atoms with Crippen molar-refractivity contribution in [1.82, 2.24) is 19.6 Å². The lowest BCUT2D eigenvalue weighted by molar-refractivity contribution is 0.457.